The van der Waals surface area contributed by atoms with Crippen molar-refractivity contribution in [1.82, 2.24) is 14.8 Å². The van der Waals surface area contributed by atoms with Crippen molar-refractivity contribution in [2.45, 2.75) is 38.8 Å². The van der Waals surface area contributed by atoms with Crippen molar-refractivity contribution in [1.29, 1.82) is 0 Å². The summed E-state index contributed by atoms with van der Waals surface area (Å²) in [6.07, 6.45) is 2.99. The average molecular weight is 293 g/mol. The molecular formula is C15H23N3O3. The molecule has 21 heavy (non-hydrogen) atoms. The van der Waals surface area contributed by atoms with Gasteiger partial charge in [0.05, 0.1) is 11.8 Å². The molecular weight excluding hydrogens is 270 g/mol. The molecule has 0 aliphatic carbocycles. The Morgan fingerprint density at radius 1 is 1.48 bits per heavy atom. The molecule has 0 saturated carbocycles. The Balaban J connectivity index is 1.69. The number of hydrogen-bond acceptors (Lipinski definition) is 5. The number of carbonyl (C=O) groups excluding carboxylic acids is 1. The molecule has 1 fully saturated rings. The highest BCUT2D eigenvalue weighted by Crippen LogP contribution is 2.22. The molecule has 1 aromatic rings. The number of hydrogen-bond donors (Lipinski definition) is 0. The molecule has 0 N–H and O–H groups in total. The number of ether oxygens (including phenoxy) is 1. The van der Waals surface area contributed by atoms with Crippen molar-refractivity contribution >= 4 is 5.91 Å². The van der Waals surface area contributed by atoms with Gasteiger partial charge in [-0.3, -0.25) is 9.69 Å². The highest BCUT2D eigenvalue weighted by molar-refractivity contribution is 5.90. The van der Waals surface area contributed by atoms with Gasteiger partial charge in [-0.25, -0.2) is 4.98 Å². The van der Waals surface area contributed by atoms with Crippen LogP contribution in [0, 0.1) is 0 Å². The first-order valence-electron chi connectivity index (χ1n) is 7.74. The normalized spacial score (nSPS) is 22.6. The van der Waals surface area contributed by atoms with E-state index in [1.807, 2.05) is 0 Å². The van der Waals surface area contributed by atoms with Crippen LogP contribution in [0.2, 0.25) is 0 Å². The molecule has 3 heterocycles. The molecule has 1 unspecified atom stereocenters. The number of likely N-dealkylation sites (tertiary alicyclic amines) is 1. The average Bonchev–Trinajstić information content (AvgIpc) is 3.13. The summed E-state index contributed by atoms with van der Waals surface area (Å²) in [5, 5.41) is 0. The zero-order chi connectivity index (χ0) is 14.8. The fourth-order valence-electron chi connectivity index (χ4n) is 3.09. The molecule has 1 saturated heterocycles. The third-order valence-corrected chi connectivity index (χ3v) is 4.30. The highest BCUT2D eigenvalue weighted by atomic mass is 16.5. The summed E-state index contributed by atoms with van der Waals surface area (Å²) >= 11 is 0. The van der Waals surface area contributed by atoms with E-state index >= 15 is 0 Å². The Morgan fingerprint density at radius 3 is 3.05 bits per heavy atom. The fourth-order valence-corrected chi connectivity index (χ4v) is 3.09. The maximum absolute atomic E-state index is 12.4. The van der Waals surface area contributed by atoms with E-state index in [2.05, 4.69) is 16.8 Å². The van der Waals surface area contributed by atoms with Gasteiger partial charge in [0.15, 0.2) is 0 Å². The minimum Gasteiger partial charge on any atom is -0.437 e. The largest absolute Gasteiger partial charge is 0.437 e. The molecule has 1 atom stereocenters. The van der Waals surface area contributed by atoms with Crippen LogP contribution in [0.4, 0.5) is 0 Å². The first kappa shape index (κ1) is 14.5. The SMILES string of the molecule is CCCN1CCc2oc(C(=O)N3CCC(OC)C3)nc2C1. The Bertz CT molecular complexity index is 514. The molecule has 0 aromatic carbocycles. The fraction of sp³-hybridized carbons (Fsp3) is 0.733. The van der Waals surface area contributed by atoms with Crippen molar-refractivity contribution in [3.63, 3.8) is 0 Å². The lowest BCUT2D eigenvalue weighted by atomic mass is 10.1. The summed E-state index contributed by atoms with van der Waals surface area (Å²) in [5.74, 6) is 1.02. The summed E-state index contributed by atoms with van der Waals surface area (Å²) < 4.78 is 11.0. The number of nitrogens with zero attached hydrogens (tertiary/aromatic N) is 3. The number of rotatable bonds is 4. The van der Waals surface area contributed by atoms with Crippen LogP contribution in [0.5, 0.6) is 0 Å². The quantitative estimate of drug-likeness (QED) is 0.837. The van der Waals surface area contributed by atoms with E-state index in [-0.39, 0.29) is 17.9 Å². The summed E-state index contributed by atoms with van der Waals surface area (Å²) in [7, 11) is 1.69. The molecule has 6 nitrogen and oxygen atoms in total. The molecule has 0 radical (unpaired) electrons. The van der Waals surface area contributed by atoms with E-state index < -0.39 is 0 Å². The van der Waals surface area contributed by atoms with Crippen LogP contribution < -0.4 is 0 Å². The lowest BCUT2D eigenvalue weighted by Crippen LogP contribution is -2.31. The Morgan fingerprint density at radius 2 is 2.33 bits per heavy atom. The predicted octanol–water partition coefficient (Wildman–Crippen LogP) is 1.30. The van der Waals surface area contributed by atoms with Gasteiger partial charge in [0.1, 0.15) is 5.76 Å². The van der Waals surface area contributed by atoms with Crippen LogP contribution in [-0.2, 0) is 17.7 Å². The number of methoxy groups -OCH3 is 1. The van der Waals surface area contributed by atoms with E-state index in [4.69, 9.17) is 9.15 Å². The van der Waals surface area contributed by atoms with Crippen LogP contribution in [0.3, 0.4) is 0 Å². The highest BCUT2D eigenvalue weighted by Gasteiger charge is 2.31. The lowest BCUT2D eigenvalue weighted by Gasteiger charge is -2.24. The van der Waals surface area contributed by atoms with Crippen LogP contribution >= 0.6 is 0 Å². The topological polar surface area (TPSA) is 58.8 Å². The van der Waals surface area contributed by atoms with Crippen LogP contribution in [0.1, 0.15) is 41.9 Å². The number of oxazole rings is 1. The molecule has 1 aromatic heterocycles. The minimum absolute atomic E-state index is 0.106. The number of amides is 1. The predicted molar refractivity (Wildman–Crippen MR) is 77.1 cm³/mol. The Hall–Kier alpha value is -1.40. The molecule has 0 bridgehead atoms. The molecule has 3 rings (SSSR count). The zero-order valence-electron chi connectivity index (χ0n) is 12.8. The van der Waals surface area contributed by atoms with E-state index in [1.54, 1.807) is 12.0 Å². The standard InChI is InChI=1S/C15H23N3O3/c1-3-6-17-7-5-13-12(10-17)16-14(21-13)15(19)18-8-4-11(9-18)20-2/h11H,3-10H2,1-2H3. The van der Waals surface area contributed by atoms with Crippen LogP contribution in [-0.4, -0.2) is 60.1 Å². The summed E-state index contributed by atoms with van der Waals surface area (Å²) in [6.45, 7) is 6.36. The van der Waals surface area contributed by atoms with Gasteiger partial charge in [-0.1, -0.05) is 6.92 Å². The number of fused-ring (bicyclic) bond motifs is 1. The maximum Gasteiger partial charge on any atom is 0.309 e. The van der Waals surface area contributed by atoms with Gasteiger partial charge in [-0.15, -0.1) is 0 Å². The van der Waals surface area contributed by atoms with Gasteiger partial charge in [0.2, 0.25) is 0 Å². The number of carbonyl (C=O) groups is 1. The lowest BCUT2D eigenvalue weighted by molar-refractivity contribution is 0.0687. The maximum atomic E-state index is 12.4. The molecule has 6 heteroatoms. The Labute approximate surface area is 125 Å². The van der Waals surface area contributed by atoms with Gasteiger partial charge in [0.25, 0.3) is 5.89 Å². The number of aromatic nitrogens is 1. The first-order valence-corrected chi connectivity index (χ1v) is 7.74. The van der Waals surface area contributed by atoms with E-state index in [0.29, 0.717) is 13.1 Å². The van der Waals surface area contributed by atoms with Crippen molar-refractivity contribution in [2.75, 3.05) is 33.3 Å². The smallest absolute Gasteiger partial charge is 0.309 e. The van der Waals surface area contributed by atoms with Gasteiger partial charge < -0.3 is 14.1 Å². The van der Waals surface area contributed by atoms with Gasteiger partial charge in [0, 0.05) is 39.7 Å². The second kappa shape index (κ2) is 6.15. The minimum atomic E-state index is -0.106. The van der Waals surface area contributed by atoms with Gasteiger partial charge in [-0.05, 0) is 19.4 Å². The van der Waals surface area contributed by atoms with Crippen molar-refractivity contribution in [3.05, 3.63) is 17.3 Å². The monoisotopic (exact) mass is 293 g/mol. The molecule has 2 aliphatic heterocycles. The summed E-state index contributed by atoms with van der Waals surface area (Å²) in [4.78, 5) is 21.0. The van der Waals surface area contributed by atoms with E-state index in [1.165, 1.54) is 0 Å². The first-order chi connectivity index (χ1) is 10.2. The zero-order valence-corrected chi connectivity index (χ0v) is 12.8. The molecule has 2 aliphatic rings. The molecule has 116 valence electrons. The van der Waals surface area contributed by atoms with Crippen LogP contribution in [0.15, 0.2) is 4.42 Å². The van der Waals surface area contributed by atoms with Crippen molar-refractivity contribution < 1.29 is 13.9 Å². The second-order valence-electron chi connectivity index (χ2n) is 5.81. The Kier molecular flexibility index (Phi) is 4.26. The van der Waals surface area contributed by atoms with E-state index in [9.17, 15) is 4.79 Å². The second-order valence-corrected chi connectivity index (χ2v) is 5.81. The van der Waals surface area contributed by atoms with E-state index in [0.717, 1.165) is 50.4 Å². The van der Waals surface area contributed by atoms with Crippen molar-refractivity contribution in [2.24, 2.45) is 0 Å². The van der Waals surface area contributed by atoms with Gasteiger partial charge >= 0.3 is 5.91 Å². The third-order valence-electron chi connectivity index (χ3n) is 4.30. The third kappa shape index (κ3) is 2.96. The van der Waals surface area contributed by atoms with Crippen molar-refractivity contribution in [3.8, 4) is 0 Å². The summed E-state index contributed by atoms with van der Waals surface area (Å²) in [5.41, 5.74) is 0.931. The molecule has 0 spiro atoms. The van der Waals surface area contributed by atoms with Gasteiger partial charge in [-0.2, -0.15) is 0 Å². The van der Waals surface area contributed by atoms with Crippen LogP contribution in [0.25, 0.3) is 0 Å². The summed E-state index contributed by atoms with van der Waals surface area (Å²) in [6, 6.07) is 0. The molecule has 1 amide bonds.